The summed E-state index contributed by atoms with van der Waals surface area (Å²) in [6, 6.07) is 17.4. The lowest BCUT2D eigenvalue weighted by Gasteiger charge is -2.44. The van der Waals surface area contributed by atoms with Crippen LogP contribution < -0.4 is 10.6 Å². The van der Waals surface area contributed by atoms with Gasteiger partial charge in [-0.3, -0.25) is 9.59 Å². The number of ether oxygens (including phenoxy) is 1. The van der Waals surface area contributed by atoms with Gasteiger partial charge in [0, 0.05) is 17.0 Å². The first-order valence-corrected chi connectivity index (χ1v) is 13.9. The summed E-state index contributed by atoms with van der Waals surface area (Å²) in [5, 5.41) is 17.5. The van der Waals surface area contributed by atoms with E-state index in [0.717, 1.165) is 10.8 Å². The lowest BCUT2D eigenvalue weighted by atomic mass is 9.92. The first-order valence-electron chi connectivity index (χ1n) is 13.3. The van der Waals surface area contributed by atoms with Gasteiger partial charge in [-0.05, 0) is 81.6 Å². The van der Waals surface area contributed by atoms with Crippen molar-refractivity contribution in [2.75, 3.05) is 11.1 Å². The maximum atomic E-state index is 14.2. The minimum absolute atomic E-state index is 0.0110. The lowest BCUT2D eigenvalue weighted by Crippen LogP contribution is -2.59. The molecule has 0 heterocycles. The Morgan fingerprint density at radius 3 is 2.15 bits per heavy atom. The number of amides is 3. The number of anilines is 1. The fourth-order valence-electron chi connectivity index (χ4n) is 4.30. The third kappa shape index (κ3) is 7.69. The smallest absolute Gasteiger partial charge is 0.408 e. The summed E-state index contributed by atoms with van der Waals surface area (Å²) < 4.78 is 5.37. The van der Waals surface area contributed by atoms with E-state index in [0.29, 0.717) is 17.7 Å². The molecule has 0 radical (unpaired) electrons. The number of hydrogen-bond acceptors (Lipinski definition) is 6. The fraction of sp³-hybridized carbons (Fsp3) is 0.387. The zero-order chi connectivity index (χ0) is 29.7. The summed E-state index contributed by atoms with van der Waals surface area (Å²) in [4.78, 5) is 42.3. The summed E-state index contributed by atoms with van der Waals surface area (Å²) in [6.07, 6.45) is -0.238. The SMILES string of the molecule is CCC(C)(C)N(C(=O)C(CS)NC(=O)OC(C)(C)C)C(C(=O)Nc1ccc2ccccc2c1)c1ccc(O)cc1. The molecule has 3 aromatic carbocycles. The Bertz CT molecular complexity index is 1350. The van der Waals surface area contributed by atoms with E-state index in [4.69, 9.17) is 4.74 Å². The molecule has 0 fully saturated rings. The number of benzene rings is 3. The van der Waals surface area contributed by atoms with Gasteiger partial charge in [-0.2, -0.15) is 12.6 Å². The standard InChI is InChI=1S/C31H39N3O5S/c1-7-31(5,6)34(28(37)25(19-40)33-29(38)39-30(2,3)4)26(21-13-16-24(35)17-14-21)27(36)32-23-15-12-20-10-8-9-11-22(20)18-23/h8-18,25-26,35,40H,7,19H2,1-6H3,(H,32,36)(H,33,38). The molecule has 2 unspecified atom stereocenters. The highest BCUT2D eigenvalue weighted by molar-refractivity contribution is 7.80. The number of rotatable bonds is 9. The zero-order valence-electron chi connectivity index (χ0n) is 23.9. The second kappa shape index (κ2) is 12.6. The van der Waals surface area contributed by atoms with Crippen molar-refractivity contribution in [3.05, 3.63) is 72.3 Å². The molecular formula is C31H39N3O5S. The third-order valence-electron chi connectivity index (χ3n) is 6.66. The maximum Gasteiger partial charge on any atom is 0.408 e. The number of aromatic hydroxyl groups is 1. The lowest BCUT2D eigenvalue weighted by molar-refractivity contribution is -0.147. The first-order chi connectivity index (χ1) is 18.8. The van der Waals surface area contributed by atoms with E-state index in [1.807, 2.05) is 63.2 Å². The van der Waals surface area contributed by atoms with E-state index >= 15 is 0 Å². The van der Waals surface area contributed by atoms with Gasteiger partial charge >= 0.3 is 6.09 Å². The van der Waals surface area contributed by atoms with Crippen molar-refractivity contribution in [2.24, 2.45) is 0 Å². The molecule has 3 N–H and O–H groups in total. The van der Waals surface area contributed by atoms with Gasteiger partial charge in [0.25, 0.3) is 5.91 Å². The highest BCUT2D eigenvalue weighted by Crippen LogP contribution is 2.34. The summed E-state index contributed by atoms with van der Waals surface area (Å²) in [5.74, 6) is -0.904. The minimum Gasteiger partial charge on any atom is -0.508 e. The van der Waals surface area contributed by atoms with E-state index in [1.54, 1.807) is 32.9 Å². The minimum atomic E-state index is -1.09. The van der Waals surface area contributed by atoms with Crippen LogP contribution >= 0.6 is 12.6 Å². The molecule has 2 atom stereocenters. The molecule has 0 saturated heterocycles. The second-order valence-corrected chi connectivity index (χ2v) is 11.7. The van der Waals surface area contributed by atoms with Crippen molar-refractivity contribution in [1.82, 2.24) is 10.2 Å². The second-order valence-electron chi connectivity index (χ2n) is 11.3. The molecule has 8 nitrogen and oxygen atoms in total. The fourth-order valence-corrected chi connectivity index (χ4v) is 4.55. The van der Waals surface area contributed by atoms with Crippen molar-refractivity contribution >= 4 is 47.0 Å². The van der Waals surface area contributed by atoms with Crippen LogP contribution in [0, 0.1) is 0 Å². The Morgan fingerprint density at radius 2 is 1.57 bits per heavy atom. The average molecular weight is 566 g/mol. The van der Waals surface area contributed by atoms with Gasteiger partial charge < -0.3 is 25.4 Å². The highest BCUT2D eigenvalue weighted by Gasteiger charge is 2.43. The number of fused-ring (bicyclic) bond motifs is 1. The largest absolute Gasteiger partial charge is 0.508 e. The van der Waals surface area contributed by atoms with Crippen LogP contribution in [0.25, 0.3) is 10.8 Å². The van der Waals surface area contributed by atoms with E-state index in [1.165, 1.54) is 17.0 Å². The number of phenols is 1. The van der Waals surface area contributed by atoms with Crippen LogP contribution in [0.1, 0.15) is 59.6 Å². The van der Waals surface area contributed by atoms with E-state index in [9.17, 15) is 19.5 Å². The summed E-state index contributed by atoms with van der Waals surface area (Å²) in [5.41, 5.74) is -0.491. The normalized spacial score (nSPS) is 13.3. The van der Waals surface area contributed by atoms with Crippen molar-refractivity contribution < 1.29 is 24.2 Å². The van der Waals surface area contributed by atoms with Gasteiger partial charge in [0.2, 0.25) is 5.91 Å². The van der Waals surface area contributed by atoms with Crippen molar-refractivity contribution in [2.45, 2.75) is 71.2 Å². The van der Waals surface area contributed by atoms with Gasteiger partial charge in [0.05, 0.1) is 0 Å². The van der Waals surface area contributed by atoms with Gasteiger partial charge in [0.1, 0.15) is 23.4 Å². The first kappa shape index (κ1) is 30.8. The molecule has 3 aromatic rings. The van der Waals surface area contributed by atoms with Crippen LogP contribution in [-0.4, -0.2) is 50.8 Å². The van der Waals surface area contributed by atoms with Crippen LogP contribution in [-0.2, 0) is 14.3 Å². The monoisotopic (exact) mass is 565 g/mol. The molecule has 0 aliphatic carbocycles. The van der Waals surface area contributed by atoms with Gasteiger partial charge in [0.15, 0.2) is 0 Å². The Labute approximate surface area is 241 Å². The molecule has 0 saturated carbocycles. The van der Waals surface area contributed by atoms with Gasteiger partial charge in [-0.15, -0.1) is 0 Å². The van der Waals surface area contributed by atoms with Gasteiger partial charge in [-0.1, -0.05) is 49.4 Å². The van der Waals surface area contributed by atoms with Crippen molar-refractivity contribution in [3.8, 4) is 5.75 Å². The summed E-state index contributed by atoms with van der Waals surface area (Å²) in [6.45, 7) is 10.8. The van der Waals surface area contributed by atoms with E-state index in [2.05, 4.69) is 23.3 Å². The number of phenolic OH excluding ortho intramolecular Hbond substituents is 1. The molecule has 0 aromatic heterocycles. The van der Waals surface area contributed by atoms with Crippen LogP contribution in [0.4, 0.5) is 10.5 Å². The Kier molecular flexibility index (Phi) is 9.73. The molecule has 214 valence electrons. The Balaban J connectivity index is 2.05. The van der Waals surface area contributed by atoms with Crippen LogP contribution in [0.15, 0.2) is 66.7 Å². The number of hydrogen-bond donors (Lipinski definition) is 4. The van der Waals surface area contributed by atoms with Crippen LogP contribution in [0.5, 0.6) is 5.75 Å². The maximum absolute atomic E-state index is 14.2. The number of carbonyl (C=O) groups is 3. The molecule has 0 bridgehead atoms. The predicted molar refractivity (Wildman–Crippen MR) is 162 cm³/mol. The number of alkyl carbamates (subject to hydrolysis) is 1. The predicted octanol–water partition coefficient (Wildman–Crippen LogP) is 6.07. The zero-order valence-corrected chi connectivity index (χ0v) is 24.8. The van der Waals surface area contributed by atoms with Crippen LogP contribution in [0.2, 0.25) is 0 Å². The average Bonchev–Trinajstić information content (AvgIpc) is 2.89. The number of thiol groups is 1. The molecule has 40 heavy (non-hydrogen) atoms. The summed E-state index contributed by atoms with van der Waals surface area (Å²) >= 11 is 4.34. The van der Waals surface area contributed by atoms with Crippen LogP contribution in [0.3, 0.4) is 0 Å². The van der Waals surface area contributed by atoms with E-state index in [-0.39, 0.29) is 11.5 Å². The molecule has 9 heteroatoms. The third-order valence-corrected chi connectivity index (χ3v) is 7.02. The molecule has 0 spiro atoms. The number of carbonyl (C=O) groups excluding carboxylic acids is 3. The van der Waals surface area contributed by atoms with Gasteiger partial charge in [-0.25, -0.2) is 4.79 Å². The quantitative estimate of drug-likeness (QED) is 0.236. The molecule has 0 aliphatic rings. The Hall–Kier alpha value is -3.72. The van der Waals surface area contributed by atoms with Crippen molar-refractivity contribution in [3.63, 3.8) is 0 Å². The van der Waals surface area contributed by atoms with Crippen molar-refractivity contribution in [1.29, 1.82) is 0 Å². The highest BCUT2D eigenvalue weighted by atomic mass is 32.1. The molecule has 3 rings (SSSR count). The number of nitrogens with one attached hydrogen (secondary N) is 2. The van der Waals surface area contributed by atoms with E-state index < -0.39 is 41.1 Å². The summed E-state index contributed by atoms with van der Waals surface area (Å²) in [7, 11) is 0. The Morgan fingerprint density at radius 1 is 0.950 bits per heavy atom. The topological polar surface area (TPSA) is 108 Å². The molecule has 0 aliphatic heterocycles. The molecular weight excluding hydrogens is 526 g/mol. The molecule has 3 amide bonds. The number of nitrogens with zero attached hydrogens (tertiary/aromatic N) is 1.